The maximum atomic E-state index is 6.01. The highest BCUT2D eigenvalue weighted by Crippen LogP contribution is 2.37. The summed E-state index contributed by atoms with van der Waals surface area (Å²) in [6.07, 6.45) is 6.22. The normalized spacial score (nSPS) is 18.1. The summed E-state index contributed by atoms with van der Waals surface area (Å²) < 4.78 is 11.4. The van der Waals surface area contributed by atoms with Crippen LogP contribution in [0.4, 0.5) is 0 Å². The Kier molecular flexibility index (Phi) is 4.70. The molecule has 1 saturated carbocycles. The van der Waals surface area contributed by atoms with Gasteiger partial charge in [0.25, 0.3) is 0 Å². The smallest absolute Gasteiger partial charge is 0.161 e. The Bertz CT molecular complexity index is 411. The molecule has 106 valence electrons. The van der Waals surface area contributed by atoms with E-state index in [-0.39, 0.29) is 5.41 Å². The average Bonchev–Trinajstić information content (AvgIpc) is 2.47. The molecule has 1 aliphatic carbocycles. The lowest BCUT2D eigenvalue weighted by Gasteiger charge is -2.35. The lowest BCUT2D eigenvalue weighted by atomic mass is 9.75. The van der Waals surface area contributed by atoms with Crippen molar-refractivity contribution in [3.8, 4) is 11.5 Å². The Labute approximate surface area is 116 Å². The summed E-state index contributed by atoms with van der Waals surface area (Å²) in [4.78, 5) is 0. The Morgan fingerprint density at radius 3 is 2.53 bits per heavy atom. The van der Waals surface area contributed by atoms with Crippen molar-refractivity contribution in [1.29, 1.82) is 0 Å². The number of nitrogens with two attached hydrogens (primary N) is 1. The molecule has 0 spiro atoms. The summed E-state index contributed by atoms with van der Waals surface area (Å²) in [7, 11) is 1.68. The van der Waals surface area contributed by atoms with E-state index in [0.717, 1.165) is 11.5 Å². The van der Waals surface area contributed by atoms with E-state index >= 15 is 0 Å². The minimum atomic E-state index is 0.161. The number of methoxy groups -OCH3 is 1. The van der Waals surface area contributed by atoms with Gasteiger partial charge in [-0.2, -0.15) is 0 Å². The molecule has 2 rings (SSSR count). The number of benzene rings is 1. The van der Waals surface area contributed by atoms with Crippen LogP contribution in [0.2, 0.25) is 0 Å². The molecule has 0 atom stereocenters. The molecule has 0 unspecified atom stereocenters. The first kappa shape index (κ1) is 14.2. The Hall–Kier alpha value is -1.22. The molecule has 0 radical (unpaired) electrons. The lowest BCUT2D eigenvalue weighted by molar-refractivity contribution is 0.103. The summed E-state index contributed by atoms with van der Waals surface area (Å²) in [5.41, 5.74) is 7.32. The van der Waals surface area contributed by atoms with Gasteiger partial charge in [0, 0.05) is 12.0 Å². The fraction of sp³-hybridized carbons (Fsp3) is 0.625. The van der Waals surface area contributed by atoms with E-state index in [0.29, 0.717) is 13.2 Å². The predicted octanol–water partition coefficient (Wildman–Crippen LogP) is 3.29. The minimum absolute atomic E-state index is 0.161. The maximum absolute atomic E-state index is 6.01. The molecule has 1 aromatic carbocycles. The van der Waals surface area contributed by atoms with Gasteiger partial charge in [-0.3, -0.25) is 0 Å². The van der Waals surface area contributed by atoms with E-state index in [9.17, 15) is 0 Å². The van der Waals surface area contributed by atoms with Crippen molar-refractivity contribution in [3.63, 3.8) is 0 Å². The van der Waals surface area contributed by atoms with Crippen molar-refractivity contribution in [1.82, 2.24) is 0 Å². The van der Waals surface area contributed by atoms with Gasteiger partial charge in [-0.15, -0.1) is 0 Å². The summed E-state index contributed by atoms with van der Waals surface area (Å²) in [6, 6.07) is 6.04. The van der Waals surface area contributed by atoms with Crippen molar-refractivity contribution < 1.29 is 9.47 Å². The summed E-state index contributed by atoms with van der Waals surface area (Å²) in [5.74, 6) is 1.63. The first-order chi connectivity index (χ1) is 9.19. The van der Waals surface area contributed by atoms with Gasteiger partial charge in [0.05, 0.1) is 13.7 Å². The zero-order valence-electron chi connectivity index (χ0n) is 12.1. The molecule has 0 aromatic heterocycles. The van der Waals surface area contributed by atoms with E-state index in [1.54, 1.807) is 7.11 Å². The molecule has 0 heterocycles. The fourth-order valence-corrected chi connectivity index (χ4v) is 2.83. The van der Waals surface area contributed by atoms with Gasteiger partial charge < -0.3 is 15.2 Å². The van der Waals surface area contributed by atoms with E-state index in [4.69, 9.17) is 15.2 Å². The quantitative estimate of drug-likeness (QED) is 0.886. The molecule has 2 N–H and O–H groups in total. The molecule has 1 aromatic rings. The van der Waals surface area contributed by atoms with Gasteiger partial charge in [-0.25, -0.2) is 0 Å². The third-order valence-corrected chi connectivity index (χ3v) is 4.20. The van der Waals surface area contributed by atoms with E-state index in [1.165, 1.54) is 37.7 Å². The van der Waals surface area contributed by atoms with Gasteiger partial charge in [0.15, 0.2) is 11.5 Å². The number of hydrogen-bond acceptors (Lipinski definition) is 3. The van der Waals surface area contributed by atoms with Crippen molar-refractivity contribution in [2.24, 2.45) is 11.1 Å². The highest BCUT2D eigenvalue weighted by Gasteiger charge is 2.31. The molecule has 0 bridgehead atoms. The topological polar surface area (TPSA) is 44.5 Å². The van der Waals surface area contributed by atoms with Crippen LogP contribution in [0.5, 0.6) is 11.5 Å². The Morgan fingerprint density at radius 2 is 1.89 bits per heavy atom. The second-order valence-corrected chi connectivity index (χ2v) is 5.71. The third-order valence-electron chi connectivity index (χ3n) is 4.20. The molecule has 0 aliphatic heterocycles. The first-order valence-corrected chi connectivity index (χ1v) is 7.17. The van der Waals surface area contributed by atoms with Crippen molar-refractivity contribution >= 4 is 0 Å². The number of ether oxygens (including phenoxy) is 2. The minimum Gasteiger partial charge on any atom is -0.493 e. The molecule has 0 saturated heterocycles. The number of hydrogen-bond donors (Lipinski definition) is 1. The van der Waals surface area contributed by atoms with E-state index in [2.05, 4.69) is 6.92 Å². The van der Waals surface area contributed by atoms with E-state index in [1.807, 2.05) is 18.2 Å². The van der Waals surface area contributed by atoms with Crippen molar-refractivity contribution in [3.05, 3.63) is 23.8 Å². The molecular weight excluding hydrogens is 238 g/mol. The zero-order chi connectivity index (χ0) is 13.7. The largest absolute Gasteiger partial charge is 0.493 e. The van der Waals surface area contributed by atoms with Gasteiger partial charge in [0.1, 0.15) is 0 Å². The Morgan fingerprint density at radius 1 is 1.16 bits per heavy atom. The SMILES string of the molecule is COc1cc(C)ccc1OCC1(CN)CCCCC1. The van der Waals surface area contributed by atoms with Crippen molar-refractivity contribution in [2.45, 2.75) is 39.0 Å². The second-order valence-electron chi connectivity index (χ2n) is 5.71. The van der Waals surface area contributed by atoms with Gasteiger partial charge >= 0.3 is 0 Å². The number of rotatable bonds is 5. The molecule has 1 aliphatic rings. The monoisotopic (exact) mass is 263 g/mol. The van der Waals surface area contributed by atoms with Crippen LogP contribution in [0.1, 0.15) is 37.7 Å². The molecular formula is C16H25NO2. The summed E-state index contributed by atoms with van der Waals surface area (Å²) in [5, 5.41) is 0. The summed E-state index contributed by atoms with van der Waals surface area (Å²) in [6.45, 7) is 3.46. The third kappa shape index (κ3) is 3.41. The van der Waals surface area contributed by atoms with Crippen LogP contribution in [-0.4, -0.2) is 20.3 Å². The van der Waals surface area contributed by atoms with Crippen LogP contribution in [0.3, 0.4) is 0 Å². The Balaban J connectivity index is 2.04. The van der Waals surface area contributed by atoms with Crippen LogP contribution in [0, 0.1) is 12.3 Å². The van der Waals surface area contributed by atoms with Gasteiger partial charge in [0.2, 0.25) is 0 Å². The van der Waals surface area contributed by atoms with Crippen LogP contribution in [0.15, 0.2) is 18.2 Å². The predicted molar refractivity (Wildman–Crippen MR) is 77.8 cm³/mol. The van der Waals surface area contributed by atoms with Gasteiger partial charge in [-0.1, -0.05) is 25.3 Å². The molecule has 3 nitrogen and oxygen atoms in total. The van der Waals surface area contributed by atoms with Gasteiger partial charge in [-0.05, 0) is 37.5 Å². The fourth-order valence-electron chi connectivity index (χ4n) is 2.83. The number of aryl methyl sites for hydroxylation is 1. The van der Waals surface area contributed by atoms with Crippen LogP contribution >= 0.6 is 0 Å². The van der Waals surface area contributed by atoms with Crippen LogP contribution in [-0.2, 0) is 0 Å². The standard InChI is InChI=1S/C16H25NO2/c1-13-6-7-14(15(10-13)18-2)19-12-16(11-17)8-4-3-5-9-16/h6-7,10H,3-5,8-9,11-12,17H2,1-2H3. The van der Waals surface area contributed by atoms with Crippen molar-refractivity contribution in [2.75, 3.05) is 20.3 Å². The zero-order valence-corrected chi connectivity index (χ0v) is 12.1. The average molecular weight is 263 g/mol. The first-order valence-electron chi connectivity index (χ1n) is 7.17. The van der Waals surface area contributed by atoms with E-state index < -0.39 is 0 Å². The highest BCUT2D eigenvalue weighted by atomic mass is 16.5. The highest BCUT2D eigenvalue weighted by molar-refractivity contribution is 5.42. The van der Waals surface area contributed by atoms with Crippen LogP contribution < -0.4 is 15.2 Å². The second kappa shape index (κ2) is 6.29. The van der Waals surface area contributed by atoms with Crippen LogP contribution in [0.25, 0.3) is 0 Å². The molecule has 1 fully saturated rings. The molecule has 0 amide bonds. The lowest BCUT2D eigenvalue weighted by Crippen LogP contribution is -2.38. The molecule has 3 heteroatoms. The maximum Gasteiger partial charge on any atom is 0.161 e. The molecule has 19 heavy (non-hydrogen) atoms. The summed E-state index contributed by atoms with van der Waals surface area (Å²) >= 11 is 0.